The molecule has 1 aromatic carbocycles. The number of carbonyl (C=O) groups excluding carboxylic acids is 1. The van der Waals surface area contributed by atoms with E-state index in [0.717, 1.165) is 13.1 Å². The smallest absolute Gasteiger partial charge is 0.236 e. The van der Waals surface area contributed by atoms with E-state index >= 15 is 0 Å². The fourth-order valence-corrected chi connectivity index (χ4v) is 3.14. The summed E-state index contributed by atoms with van der Waals surface area (Å²) in [5.41, 5.74) is 0.643. The molecule has 0 atom stereocenters. The molecule has 0 bridgehead atoms. The average molecular weight is 291 g/mol. The second-order valence-electron chi connectivity index (χ2n) is 5.80. The lowest BCUT2D eigenvalue weighted by Gasteiger charge is -2.36. The van der Waals surface area contributed by atoms with Crippen LogP contribution in [0.4, 0.5) is 10.1 Å². The number of carbonyl (C=O) groups is 1. The topological polar surface area (TPSA) is 26.8 Å². The maximum atomic E-state index is 13.8. The van der Waals surface area contributed by atoms with Gasteiger partial charge in [0.2, 0.25) is 5.91 Å². The molecule has 2 fully saturated rings. The summed E-state index contributed by atoms with van der Waals surface area (Å²) < 4.78 is 13.8. The van der Waals surface area contributed by atoms with Gasteiger partial charge in [-0.05, 0) is 38.1 Å². The normalized spacial score (nSPS) is 20.0. The van der Waals surface area contributed by atoms with Crippen LogP contribution in [0.3, 0.4) is 0 Å². The Hall–Kier alpha value is -1.62. The maximum absolute atomic E-state index is 13.8. The Morgan fingerprint density at radius 3 is 2.33 bits per heavy atom. The maximum Gasteiger partial charge on any atom is 0.236 e. The minimum atomic E-state index is -0.186. The predicted molar refractivity (Wildman–Crippen MR) is 80.9 cm³/mol. The number of nitrogens with zero attached hydrogens (tertiary/aromatic N) is 3. The van der Waals surface area contributed by atoms with E-state index in [1.807, 2.05) is 15.9 Å². The fourth-order valence-electron chi connectivity index (χ4n) is 3.14. The van der Waals surface area contributed by atoms with Crippen LogP contribution >= 0.6 is 0 Å². The van der Waals surface area contributed by atoms with Gasteiger partial charge in [-0.25, -0.2) is 4.39 Å². The molecule has 0 spiro atoms. The van der Waals surface area contributed by atoms with Gasteiger partial charge in [-0.1, -0.05) is 12.1 Å². The third-order valence-corrected chi connectivity index (χ3v) is 4.38. The number of halogens is 1. The Morgan fingerprint density at radius 2 is 1.67 bits per heavy atom. The average Bonchev–Trinajstić information content (AvgIpc) is 3.01. The highest BCUT2D eigenvalue weighted by atomic mass is 19.1. The highest BCUT2D eigenvalue weighted by molar-refractivity contribution is 5.78. The van der Waals surface area contributed by atoms with Gasteiger partial charge in [0.15, 0.2) is 0 Å². The van der Waals surface area contributed by atoms with Crippen molar-refractivity contribution in [2.45, 2.75) is 12.8 Å². The molecule has 5 heteroatoms. The minimum absolute atomic E-state index is 0.186. The molecule has 114 valence electrons. The first-order valence-corrected chi connectivity index (χ1v) is 7.73. The quantitative estimate of drug-likeness (QED) is 0.846. The van der Waals surface area contributed by atoms with Gasteiger partial charge in [-0.2, -0.15) is 0 Å². The van der Waals surface area contributed by atoms with Crippen molar-refractivity contribution < 1.29 is 9.18 Å². The van der Waals surface area contributed by atoms with Gasteiger partial charge in [0.25, 0.3) is 0 Å². The van der Waals surface area contributed by atoms with E-state index in [2.05, 4.69) is 4.90 Å². The van der Waals surface area contributed by atoms with E-state index in [-0.39, 0.29) is 11.7 Å². The van der Waals surface area contributed by atoms with Gasteiger partial charge in [-0.3, -0.25) is 9.69 Å². The molecule has 2 saturated heterocycles. The molecule has 0 aliphatic carbocycles. The number of anilines is 1. The highest BCUT2D eigenvalue weighted by Crippen LogP contribution is 2.20. The van der Waals surface area contributed by atoms with Gasteiger partial charge in [0.05, 0.1) is 12.2 Å². The molecule has 0 N–H and O–H groups in total. The molecule has 2 aliphatic rings. The van der Waals surface area contributed by atoms with E-state index in [4.69, 9.17) is 0 Å². The van der Waals surface area contributed by atoms with Crippen LogP contribution in [0.25, 0.3) is 0 Å². The zero-order valence-electron chi connectivity index (χ0n) is 12.3. The molecule has 0 saturated carbocycles. The molecule has 1 aromatic rings. The van der Waals surface area contributed by atoms with Crippen LogP contribution in [0.5, 0.6) is 0 Å². The molecule has 21 heavy (non-hydrogen) atoms. The lowest BCUT2D eigenvalue weighted by atomic mass is 10.2. The summed E-state index contributed by atoms with van der Waals surface area (Å²) >= 11 is 0. The third kappa shape index (κ3) is 3.35. The Bertz CT molecular complexity index is 494. The van der Waals surface area contributed by atoms with Gasteiger partial charge in [0, 0.05) is 26.2 Å². The van der Waals surface area contributed by atoms with E-state index in [1.54, 1.807) is 12.1 Å². The van der Waals surface area contributed by atoms with Crippen molar-refractivity contribution in [3.63, 3.8) is 0 Å². The monoisotopic (exact) mass is 291 g/mol. The number of hydrogen-bond donors (Lipinski definition) is 0. The number of benzene rings is 1. The molecule has 4 nitrogen and oxygen atoms in total. The van der Waals surface area contributed by atoms with Crippen LogP contribution in [0.2, 0.25) is 0 Å². The zero-order chi connectivity index (χ0) is 14.7. The zero-order valence-corrected chi connectivity index (χ0v) is 12.3. The van der Waals surface area contributed by atoms with E-state index < -0.39 is 0 Å². The Labute approximate surface area is 125 Å². The summed E-state index contributed by atoms with van der Waals surface area (Å²) in [6.07, 6.45) is 2.41. The lowest BCUT2D eigenvalue weighted by Crippen LogP contribution is -2.51. The van der Waals surface area contributed by atoms with Gasteiger partial charge >= 0.3 is 0 Å². The van der Waals surface area contributed by atoms with Crippen LogP contribution in [0, 0.1) is 5.82 Å². The molecule has 0 aromatic heterocycles. The SMILES string of the molecule is O=C(CN1CCCC1)N1CCN(c2ccccc2F)CC1. The summed E-state index contributed by atoms with van der Waals surface area (Å²) in [7, 11) is 0. The van der Waals surface area contributed by atoms with Crippen molar-refractivity contribution in [3.8, 4) is 0 Å². The molecule has 3 rings (SSSR count). The minimum Gasteiger partial charge on any atom is -0.366 e. The van der Waals surface area contributed by atoms with E-state index in [1.165, 1.54) is 18.9 Å². The second kappa shape index (κ2) is 6.43. The molecule has 0 unspecified atom stereocenters. The molecular formula is C16H22FN3O. The Balaban J connectivity index is 1.52. The Kier molecular flexibility index (Phi) is 4.39. The van der Waals surface area contributed by atoms with E-state index in [9.17, 15) is 9.18 Å². The van der Waals surface area contributed by atoms with Crippen LogP contribution in [-0.4, -0.2) is 61.5 Å². The molecule has 2 heterocycles. The number of hydrogen-bond acceptors (Lipinski definition) is 3. The number of amides is 1. The highest BCUT2D eigenvalue weighted by Gasteiger charge is 2.24. The first-order chi connectivity index (χ1) is 10.2. The summed E-state index contributed by atoms with van der Waals surface area (Å²) in [5.74, 6) is 0.0272. The number of rotatable bonds is 3. The van der Waals surface area contributed by atoms with E-state index in [0.29, 0.717) is 38.4 Å². The van der Waals surface area contributed by atoms with Crippen molar-refractivity contribution in [2.24, 2.45) is 0 Å². The van der Waals surface area contributed by atoms with Crippen LogP contribution in [0.15, 0.2) is 24.3 Å². The van der Waals surface area contributed by atoms with Crippen molar-refractivity contribution in [3.05, 3.63) is 30.1 Å². The van der Waals surface area contributed by atoms with Crippen LogP contribution < -0.4 is 4.90 Å². The van der Waals surface area contributed by atoms with Gasteiger partial charge < -0.3 is 9.80 Å². The molecule has 1 amide bonds. The number of piperazine rings is 1. The van der Waals surface area contributed by atoms with Crippen molar-refractivity contribution >= 4 is 11.6 Å². The van der Waals surface area contributed by atoms with Crippen molar-refractivity contribution in [1.29, 1.82) is 0 Å². The first-order valence-electron chi connectivity index (χ1n) is 7.73. The van der Waals surface area contributed by atoms with Crippen LogP contribution in [-0.2, 0) is 4.79 Å². The third-order valence-electron chi connectivity index (χ3n) is 4.38. The molecular weight excluding hydrogens is 269 g/mol. The molecule has 2 aliphatic heterocycles. The summed E-state index contributed by atoms with van der Waals surface area (Å²) in [6, 6.07) is 6.84. The summed E-state index contributed by atoms with van der Waals surface area (Å²) in [6.45, 7) is 5.39. The lowest BCUT2D eigenvalue weighted by molar-refractivity contribution is -0.132. The second-order valence-corrected chi connectivity index (χ2v) is 5.80. The summed E-state index contributed by atoms with van der Waals surface area (Å²) in [4.78, 5) is 18.4. The first kappa shape index (κ1) is 14.3. The number of para-hydroxylation sites is 1. The van der Waals surface area contributed by atoms with Crippen molar-refractivity contribution in [2.75, 3.05) is 50.7 Å². The molecule has 0 radical (unpaired) electrons. The fraction of sp³-hybridized carbons (Fsp3) is 0.562. The summed E-state index contributed by atoms with van der Waals surface area (Å²) in [5, 5.41) is 0. The number of likely N-dealkylation sites (tertiary alicyclic amines) is 1. The Morgan fingerprint density at radius 1 is 1.00 bits per heavy atom. The predicted octanol–water partition coefficient (Wildman–Crippen LogP) is 1.57. The van der Waals surface area contributed by atoms with Gasteiger partial charge in [-0.15, -0.1) is 0 Å². The van der Waals surface area contributed by atoms with Gasteiger partial charge in [0.1, 0.15) is 5.82 Å². The standard InChI is InChI=1S/C16H22FN3O/c17-14-5-1-2-6-15(14)19-9-11-20(12-10-19)16(21)13-18-7-3-4-8-18/h1-2,5-6H,3-4,7-13H2. The largest absolute Gasteiger partial charge is 0.366 e. The van der Waals surface area contributed by atoms with Crippen LogP contribution in [0.1, 0.15) is 12.8 Å². The van der Waals surface area contributed by atoms with Crippen molar-refractivity contribution in [1.82, 2.24) is 9.80 Å².